The van der Waals surface area contributed by atoms with Crippen molar-refractivity contribution in [3.63, 3.8) is 0 Å². The second kappa shape index (κ2) is 41.3. The Kier molecular flexibility index (Phi) is 39.5. The highest BCUT2D eigenvalue weighted by Gasteiger charge is 2.17. The Morgan fingerprint density at radius 2 is 0.900 bits per heavy atom. The second-order valence-corrected chi connectivity index (χ2v) is 13.9. The van der Waals surface area contributed by atoms with E-state index in [0.717, 1.165) is 83.5 Å². The van der Waals surface area contributed by atoms with Crippen LogP contribution in [-0.2, 0) is 23.8 Å². The molecule has 0 aliphatic rings. The lowest BCUT2D eigenvalue weighted by Crippen LogP contribution is -2.30. The van der Waals surface area contributed by atoms with Crippen LogP contribution in [-0.4, -0.2) is 37.9 Å². The van der Waals surface area contributed by atoms with Gasteiger partial charge in [-0.15, -0.1) is 0 Å². The largest absolute Gasteiger partial charge is 0.462 e. The van der Waals surface area contributed by atoms with Gasteiger partial charge in [-0.2, -0.15) is 0 Å². The van der Waals surface area contributed by atoms with E-state index in [9.17, 15) is 9.59 Å². The van der Waals surface area contributed by atoms with Gasteiger partial charge in [0.2, 0.25) is 0 Å². The van der Waals surface area contributed by atoms with Crippen LogP contribution in [0.1, 0.15) is 201 Å². The van der Waals surface area contributed by atoms with Crippen LogP contribution in [0.15, 0.2) is 48.6 Å². The Morgan fingerprint density at radius 3 is 1.42 bits per heavy atom. The predicted octanol–water partition coefficient (Wildman–Crippen LogP) is 13.7. The minimum absolute atomic E-state index is 0.0741. The molecule has 0 bridgehead atoms. The van der Waals surface area contributed by atoms with Crippen molar-refractivity contribution in [2.45, 2.75) is 207 Å². The van der Waals surface area contributed by atoms with Crippen LogP contribution in [0.3, 0.4) is 0 Å². The predicted molar refractivity (Wildman–Crippen MR) is 215 cm³/mol. The first-order chi connectivity index (χ1) is 24.6. The van der Waals surface area contributed by atoms with Crippen LogP contribution in [0.4, 0.5) is 0 Å². The molecule has 0 aromatic rings. The molecular weight excluding hydrogens is 620 g/mol. The zero-order valence-corrected chi connectivity index (χ0v) is 33.2. The molecule has 0 spiro atoms. The average molecular weight is 701 g/mol. The molecule has 1 unspecified atom stereocenters. The third-order valence-electron chi connectivity index (χ3n) is 8.88. The molecule has 290 valence electrons. The first-order valence-corrected chi connectivity index (χ1v) is 21.2. The summed E-state index contributed by atoms with van der Waals surface area (Å²) < 4.78 is 17.1. The van der Waals surface area contributed by atoms with E-state index in [0.29, 0.717) is 19.4 Å². The van der Waals surface area contributed by atoms with Gasteiger partial charge in [0.05, 0.1) is 6.61 Å². The molecule has 0 heterocycles. The molecule has 50 heavy (non-hydrogen) atoms. The van der Waals surface area contributed by atoms with Crippen LogP contribution < -0.4 is 0 Å². The number of hydrogen-bond donors (Lipinski definition) is 0. The summed E-state index contributed by atoms with van der Waals surface area (Å²) in [6, 6.07) is 0. The standard InChI is InChI=1S/C45H80O5/c1-4-7-10-13-15-17-19-21-22-23-25-27-29-31-34-37-40-48-41-43(50-45(47)39-36-32-12-9-6-3)42-49-44(46)38-35-33-30-28-26-24-20-18-16-14-11-8-5-2/h7,10,15,17,21-22,25,27,43H,4-6,8-9,11-14,16,18-20,23-24,26,28-42H2,1-3H3/b10-7-,17-15-,22-21-,27-25-. The monoisotopic (exact) mass is 701 g/mol. The Morgan fingerprint density at radius 1 is 0.460 bits per heavy atom. The van der Waals surface area contributed by atoms with E-state index in [-0.39, 0.29) is 25.2 Å². The minimum Gasteiger partial charge on any atom is -0.462 e. The summed E-state index contributed by atoms with van der Waals surface area (Å²) in [6.07, 6.45) is 48.5. The molecule has 5 nitrogen and oxygen atoms in total. The van der Waals surface area contributed by atoms with Crippen molar-refractivity contribution >= 4 is 11.9 Å². The maximum absolute atomic E-state index is 12.5. The van der Waals surface area contributed by atoms with E-state index in [4.69, 9.17) is 14.2 Å². The van der Waals surface area contributed by atoms with E-state index in [2.05, 4.69) is 69.4 Å². The van der Waals surface area contributed by atoms with Crippen molar-refractivity contribution < 1.29 is 23.8 Å². The van der Waals surface area contributed by atoms with E-state index in [1.165, 1.54) is 83.5 Å². The fraction of sp³-hybridized carbons (Fsp3) is 0.778. The summed E-state index contributed by atoms with van der Waals surface area (Å²) in [7, 11) is 0. The van der Waals surface area contributed by atoms with Crippen molar-refractivity contribution in [2.75, 3.05) is 19.8 Å². The number of rotatable bonds is 38. The molecule has 0 N–H and O–H groups in total. The van der Waals surface area contributed by atoms with Gasteiger partial charge in [0.1, 0.15) is 6.61 Å². The molecule has 0 saturated heterocycles. The molecule has 0 aliphatic heterocycles. The van der Waals surface area contributed by atoms with Crippen LogP contribution in [0, 0.1) is 0 Å². The fourth-order valence-corrected chi connectivity index (χ4v) is 5.73. The zero-order valence-electron chi connectivity index (χ0n) is 33.2. The van der Waals surface area contributed by atoms with E-state index >= 15 is 0 Å². The lowest BCUT2D eigenvalue weighted by atomic mass is 10.0. The van der Waals surface area contributed by atoms with Crippen molar-refractivity contribution in [3.05, 3.63) is 48.6 Å². The Labute approximate surface area is 310 Å². The maximum Gasteiger partial charge on any atom is 0.306 e. The van der Waals surface area contributed by atoms with Crippen LogP contribution in [0.5, 0.6) is 0 Å². The summed E-state index contributed by atoms with van der Waals surface area (Å²) in [5.74, 6) is -0.426. The van der Waals surface area contributed by atoms with Gasteiger partial charge in [0, 0.05) is 19.4 Å². The molecule has 0 radical (unpaired) electrons. The second-order valence-electron chi connectivity index (χ2n) is 13.9. The fourth-order valence-electron chi connectivity index (χ4n) is 5.73. The molecule has 0 fully saturated rings. The Balaban J connectivity index is 4.14. The highest BCUT2D eigenvalue weighted by molar-refractivity contribution is 5.70. The first-order valence-electron chi connectivity index (χ1n) is 21.2. The molecular formula is C45H80O5. The van der Waals surface area contributed by atoms with Crippen LogP contribution in [0.25, 0.3) is 0 Å². The molecule has 1 atom stereocenters. The topological polar surface area (TPSA) is 61.8 Å². The summed E-state index contributed by atoms with van der Waals surface area (Å²) in [5, 5.41) is 0. The van der Waals surface area contributed by atoms with Crippen LogP contribution in [0.2, 0.25) is 0 Å². The van der Waals surface area contributed by atoms with Crippen LogP contribution >= 0.6 is 0 Å². The van der Waals surface area contributed by atoms with Gasteiger partial charge in [-0.05, 0) is 57.8 Å². The van der Waals surface area contributed by atoms with Crippen molar-refractivity contribution in [3.8, 4) is 0 Å². The van der Waals surface area contributed by atoms with Crippen molar-refractivity contribution in [1.82, 2.24) is 0 Å². The number of unbranched alkanes of at least 4 members (excludes halogenated alkanes) is 19. The molecule has 0 amide bonds. The van der Waals surface area contributed by atoms with Gasteiger partial charge in [-0.25, -0.2) is 0 Å². The lowest BCUT2D eigenvalue weighted by Gasteiger charge is -2.18. The summed E-state index contributed by atoms with van der Waals surface area (Å²) in [6.45, 7) is 7.57. The Hall–Kier alpha value is -2.14. The molecule has 0 rings (SSSR count). The summed E-state index contributed by atoms with van der Waals surface area (Å²) in [5.41, 5.74) is 0. The van der Waals surface area contributed by atoms with Gasteiger partial charge in [0.15, 0.2) is 6.10 Å². The van der Waals surface area contributed by atoms with E-state index < -0.39 is 6.10 Å². The SMILES string of the molecule is CC/C=C\C/C=C\C/C=C\C/C=C\CCCCCOCC(COC(=O)CCCCCCCCCCCCCCC)OC(=O)CCCCCCC. The third kappa shape index (κ3) is 38.7. The normalized spacial score (nSPS) is 12.6. The number of ether oxygens (including phenoxy) is 3. The molecule has 0 aromatic carbocycles. The highest BCUT2D eigenvalue weighted by atomic mass is 16.6. The number of carbonyl (C=O) groups excluding carboxylic acids is 2. The quantitative estimate of drug-likeness (QED) is 0.0364. The molecule has 0 aromatic heterocycles. The Bertz CT molecular complexity index is 842. The maximum atomic E-state index is 12.5. The summed E-state index contributed by atoms with van der Waals surface area (Å²) >= 11 is 0. The highest BCUT2D eigenvalue weighted by Crippen LogP contribution is 2.14. The van der Waals surface area contributed by atoms with Crippen molar-refractivity contribution in [2.24, 2.45) is 0 Å². The molecule has 5 heteroatoms. The smallest absolute Gasteiger partial charge is 0.306 e. The van der Waals surface area contributed by atoms with Gasteiger partial charge >= 0.3 is 11.9 Å². The minimum atomic E-state index is -0.543. The molecule has 0 saturated carbocycles. The lowest BCUT2D eigenvalue weighted by molar-refractivity contribution is -0.163. The number of esters is 2. The number of hydrogen-bond acceptors (Lipinski definition) is 5. The number of allylic oxidation sites excluding steroid dienone is 8. The first kappa shape index (κ1) is 47.9. The summed E-state index contributed by atoms with van der Waals surface area (Å²) in [4.78, 5) is 24.9. The number of carbonyl (C=O) groups is 2. The van der Waals surface area contributed by atoms with E-state index in [1.807, 2.05) is 0 Å². The van der Waals surface area contributed by atoms with Gasteiger partial charge < -0.3 is 14.2 Å². The van der Waals surface area contributed by atoms with Gasteiger partial charge in [-0.3, -0.25) is 9.59 Å². The van der Waals surface area contributed by atoms with Gasteiger partial charge in [0.25, 0.3) is 0 Å². The molecule has 0 aliphatic carbocycles. The van der Waals surface area contributed by atoms with Gasteiger partial charge in [-0.1, -0.05) is 179 Å². The zero-order chi connectivity index (χ0) is 36.4. The van der Waals surface area contributed by atoms with E-state index in [1.54, 1.807) is 0 Å². The third-order valence-corrected chi connectivity index (χ3v) is 8.88. The van der Waals surface area contributed by atoms with Crippen molar-refractivity contribution in [1.29, 1.82) is 0 Å². The average Bonchev–Trinajstić information content (AvgIpc) is 3.11.